The average Bonchev–Trinajstić information content (AvgIpc) is 3.63. The molecule has 0 spiro atoms. The SMILES string of the molecule is C1COCCN1.C=C/C=C(\C)n1ccc2nc(Nc3cnn(C4CCOCC4)c3)nc(OC3CCCCC3)c21. The molecule has 0 amide bonds. The van der Waals surface area contributed by atoms with Crippen molar-refractivity contribution < 1.29 is 14.2 Å². The fraction of sp³-hybridized carbons (Fsp3) is 0.552. The Labute approximate surface area is 230 Å². The molecule has 0 aromatic carbocycles. The third-order valence-electron chi connectivity index (χ3n) is 7.34. The Balaban J connectivity index is 0.000000455. The summed E-state index contributed by atoms with van der Waals surface area (Å²) in [4.78, 5) is 9.59. The van der Waals surface area contributed by atoms with Crippen molar-refractivity contribution in [2.45, 2.75) is 64.0 Å². The highest BCUT2D eigenvalue weighted by atomic mass is 16.5. The number of morpholine rings is 1. The van der Waals surface area contributed by atoms with Gasteiger partial charge in [-0.1, -0.05) is 19.1 Å². The maximum absolute atomic E-state index is 6.47. The van der Waals surface area contributed by atoms with Crippen LogP contribution in [-0.2, 0) is 9.47 Å². The number of hydrogen-bond acceptors (Lipinski definition) is 8. The molecule has 39 heavy (non-hydrogen) atoms. The molecule has 3 aromatic heterocycles. The van der Waals surface area contributed by atoms with Gasteiger partial charge in [0.1, 0.15) is 11.6 Å². The van der Waals surface area contributed by atoms with Crippen molar-refractivity contribution in [3.05, 3.63) is 43.4 Å². The lowest BCUT2D eigenvalue weighted by Crippen LogP contribution is -2.30. The molecule has 0 bridgehead atoms. The minimum absolute atomic E-state index is 0.188. The van der Waals surface area contributed by atoms with E-state index in [4.69, 9.17) is 24.2 Å². The molecule has 10 heteroatoms. The number of ether oxygens (including phenoxy) is 3. The summed E-state index contributed by atoms with van der Waals surface area (Å²) in [6.07, 6.45) is 17.6. The van der Waals surface area contributed by atoms with Crippen LogP contribution in [0.25, 0.3) is 16.7 Å². The molecule has 1 saturated carbocycles. The van der Waals surface area contributed by atoms with Gasteiger partial charge in [0.2, 0.25) is 11.8 Å². The number of hydrogen-bond donors (Lipinski definition) is 2. The topological polar surface area (TPSA) is 100 Å². The van der Waals surface area contributed by atoms with E-state index in [0.717, 1.165) is 87.6 Å². The molecule has 5 heterocycles. The van der Waals surface area contributed by atoms with Crippen molar-refractivity contribution in [1.82, 2.24) is 29.6 Å². The molecule has 0 atom stereocenters. The first kappa shape index (κ1) is 27.4. The lowest BCUT2D eigenvalue weighted by Gasteiger charge is -2.23. The van der Waals surface area contributed by atoms with E-state index in [0.29, 0.717) is 17.9 Å². The first-order chi connectivity index (χ1) is 19.2. The highest BCUT2D eigenvalue weighted by molar-refractivity contribution is 5.85. The molecule has 3 aromatic rings. The van der Waals surface area contributed by atoms with E-state index in [1.165, 1.54) is 19.3 Å². The minimum Gasteiger partial charge on any atom is -0.473 e. The highest BCUT2D eigenvalue weighted by Crippen LogP contribution is 2.32. The molecule has 2 aliphatic heterocycles. The summed E-state index contributed by atoms with van der Waals surface area (Å²) < 4.78 is 21.0. The quantitative estimate of drug-likeness (QED) is 0.404. The summed E-state index contributed by atoms with van der Waals surface area (Å²) in [5.74, 6) is 1.14. The van der Waals surface area contributed by atoms with Gasteiger partial charge in [0, 0.05) is 44.4 Å². The van der Waals surface area contributed by atoms with E-state index in [1.807, 2.05) is 42.3 Å². The molecule has 0 unspecified atom stereocenters. The second kappa shape index (κ2) is 13.7. The Hall–Kier alpha value is -3.21. The van der Waals surface area contributed by atoms with E-state index in [2.05, 4.69) is 26.9 Å². The first-order valence-electron chi connectivity index (χ1n) is 14.2. The minimum atomic E-state index is 0.188. The zero-order chi connectivity index (χ0) is 26.9. The van der Waals surface area contributed by atoms with Crippen molar-refractivity contribution in [2.24, 2.45) is 0 Å². The van der Waals surface area contributed by atoms with Crippen LogP contribution < -0.4 is 15.4 Å². The number of nitrogens with zero attached hydrogens (tertiary/aromatic N) is 5. The second-order valence-electron chi connectivity index (χ2n) is 10.2. The Morgan fingerprint density at radius 3 is 2.54 bits per heavy atom. The van der Waals surface area contributed by atoms with Gasteiger partial charge in [-0.25, -0.2) is 4.98 Å². The van der Waals surface area contributed by atoms with Gasteiger partial charge < -0.3 is 29.4 Å². The van der Waals surface area contributed by atoms with Crippen LogP contribution in [0, 0.1) is 0 Å². The van der Waals surface area contributed by atoms with Gasteiger partial charge in [0.25, 0.3) is 0 Å². The van der Waals surface area contributed by atoms with Crippen LogP contribution in [-0.4, -0.2) is 69.9 Å². The van der Waals surface area contributed by atoms with Crippen molar-refractivity contribution in [1.29, 1.82) is 0 Å². The lowest BCUT2D eigenvalue weighted by atomic mass is 9.98. The van der Waals surface area contributed by atoms with Gasteiger partial charge in [0.15, 0.2) is 0 Å². The predicted molar refractivity (Wildman–Crippen MR) is 153 cm³/mol. The summed E-state index contributed by atoms with van der Waals surface area (Å²) in [5, 5.41) is 11.1. The smallest absolute Gasteiger partial charge is 0.244 e. The van der Waals surface area contributed by atoms with Crippen molar-refractivity contribution in [3.63, 3.8) is 0 Å². The van der Waals surface area contributed by atoms with Crippen LogP contribution >= 0.6 is 0 Å². The predicted octanol–water partition coefficient (Wildman–Crippen LogP) is 5.09. The number of anilines is 2. The molecule has 1 aliphatic carbocycles. The fourth-order valence-corrected chi connectivity index (χ4v) is 5.23. The number of aromatic nitrogens is 5. The second-order valence-corrected chi connectivity index (χ2v) is 10.2. The maximum Gasteiger partial charge on any atom is 0.244 e. The van der Waals surface area contributed by atoms with Gasteiger partial charge in [-0.15, -0.1) is 0 Å². The zero-order valence-electron chi connectivity index (χ0n) is 23.0. The molecular weight excluding hydrogens is 494 g/mol. The van der Waals surface area contributed by atoms with Crippen LogP contribution in [0.15, 0.2) is 43.4 Å². The standard InChI is InChI=1S/C25H32N6O2.C4H9NO/c1-3-7-18(2)30-13-10-22-23(30)24(33-21-8-5-4-6-9-21)29-25(28-22)27-19-16-26-31(17-19)20-11-14-32-15-12-20;1-3-6-4-2-5-1/h3,7,10,13,16-17,20-21H,1,4-6,8-9,11-12,14-15H2,2H3,(H,27,28,29);5H,1-4H2/b18-7+;. The van der Waals surface area contributed by atoms with Gasteiger partial charge in [-0.05, 0) is 57.6 Å². The highest BCUT2D eigenvalue weighted by Gasteiger charge is 2.21. The zero-order valence-corrected chi connectivity index (χ0v) is 23.0. The summed E-state index contributed by atoms with van der Waals surface area (Å²) in [6, 6.07) is 2.37. The molecular formula is C29H41N7O3. The van der Waals surface area contributed by atoms with Crippen LogP contribution in [0.1, 0.15) is 57.9 Å². The molecule has 3 fully saturated rings. The normalized spacial score (nSPS) is 19.4. The Kier molecular flexibility index (Phi) is 9.63. The maximum atomic E-state index is 6.47. The molecule has 210 valence electrons. The van der Waals surface area contributed by atoms with Crippen molar-refractivity contribution in [3.8, 4) is 5.88 Å². The Morgan fingerprint density at radius 2 is 1.85 bits per heavy atom. The molecule has 2 saturated heterocycles. The number of nitrogens with one attached hydrogen (secondary N) is 2. The molecule has 3 aliphatic rings. The van der Waals surface area contributed by atoms with Gasteiger partial charge in [0.05, 0.1) is 36.7 Å². The van der Waals surface area contributed by atoms with Crippen LogP contribution in [0.5, 0.6) is 5.88 Å². The monoisotopic (exact) mass is 535 g/mol. The third-order valence-corrected chi connectivity index (χ3v) is 7.34. The first-order valence-corrected chi connectivity index (χ1v) is 14.2. The average molecular weight is 536 g/mol. The van der Waals surface area contributed by atoms with E-state index in [9.17, 15) is 0 Å². The van der Waals surface area contributed by atoms with Gasteiger partial charge >= 0.3 is 0 Å². The molecule has 6 rings (SSSR count). The van der Waals surface area contributed by atoms with Crippen molar-refractivity contribution in [2.75, 3.05) is 44.8 Å². The van der Waals surface area contributed by atoms with Crippen LogP contribution in [0.3, 0.4) is 0 Å². The number of allylic oxidation sites excluding steroid dienone is 3. The summed E-state index contributed by atoms with van der Waals surface area (Å²) >= 11 is 0. The summed E-state index contributed by atoms with van der Waals surface area (Å²) in [5.41, 5.74) is 3.63. The summed E-state index contributed by atoms with van der Waals surface area (Å²) in [6.45, 7) is 11.3. The van der Waals surface area contributed by atoms with E-state index >= 15 is 0 Å². The Bertz CT molecular complexity index is 1220. The van der Waals surface area contributed by atoms with E-state index < -0.39 is 0 Å². The van der Waals surface area contributed by atoms with E-state index in [-0.39, 0.29) is 6.10 Å². The van der Waals surface area contributed by atoms with Crippen molar-refractivity contribution >= 4 is 28.4 Å². The number of fused-ring (bicyclic) bond motifs is 1. The largest absolute Gasteiger partial charge is 0.473 e. The van der Waals surface area contributed by atoms with Crippen LogP contribution in [0.2, 0.25) is 0 Å². The molecule has 2 N–H and O–H groups in total. The Morgan fingerprint density at radius 1 is 1.08 bits per heavy atom. The number of rotatable bonds is 7. The van der Waals surface area contributed by atoms with Gasteiger partial charge in [-0.3, -0.25) is 4.68 Å². The third kappa shape index (κ3) is 7.26. The van der Waals surface area contributed by atoms with Gasteiger partial charge in [-0.2, -0.15) is 10.1 Å². The summed E-state index contributed by atoms with van der Waals surface area (Å²) in [7, 11) is 0. The molecule has 0 radical (unpaired) electrons. The fourth-order valence-electron chi connectivity index (χ4n) is 5.23. The lowest BCUT2D eigenvalue weighted by molar-refractivity contribution is 0.0662. The molecule has 10 nitrogen and oxygen atoms in total. The van der Waals surface area contributed by atoms with Crippen LogP contribution in [0.4, 0.5) is 11.6 Å². The van der Waals surface area contributed by atoms with E-state index in [1.54, 1.807) is 6.08 Å².